The number of hydrogen-bond donors (Lipinski definition) is 2. The number of rotatable bonds is 6. The molecule has 3 aromatic rings. The first-order valence-corrected chi connectivity index (χ1v) is 10.1. The van der Waals surface area contributed by atoms with Gasteiger partial charge < -0.3 is 9.84 Å². The molecule has 0 unspecified atom stereocenters. The standard InChI is InChI=1S/C19H19N3O5S2/c1-10-7-11(2)16(14(8-10)13(4)23)21-18(24)17-15(5-6-28-17)29(25,26)22-19-12(3)9-20-27-19/h5-9,22H,1-4H3,(H,21,24)/i1D3,2D3,3D3,9D. The predicted molar refractivity (Wildman–Crippen MR) is 110 cm³/mol. The van der Waals surface area contributed by atoms with E-state index in [4.69, 9.17) is 13.7 Å². The van der Waals surface area contributed by atoms with Crippen LogP contribution in [0, 0.1) is 20.6 Å². The first-order chi connectivity index (χ1) is 17.6. The first kappa shape index (κ1) is 11.3. The predicted octanol–water partition coefficient (Wildman–Crippen LogP) is 3.92. The van der Waals surface area contributed by atoms with Gasteiger partial charge in [-0.1, -0.05) is 11.2 Å². The Labute approximate surface area is 186 Å². The lowest BCUT2D eigenvalue weighted by Gasteiger charge is -2.14. The van der Waals surface area contributed by atoms with Gasteiger partial charge in [0, 0.05) is 23.5 Å². The minimum atomic E-state index is -4.72. The summed E-state index contributed by atoms with van der Waals surface area (Å²) in [5.41, 5.74) is -2.86. The van der Waals surface area contributed by atoms with Gasteiger partial charge in [-0.25, -0.2) is 13.1 Å². The number of carbonyl (C=O) groups is 2. The van der Waals surface area contributed by atoms with Gasteiger partial charge in [0.05, 0.1) is 13.2 Å². The molecule has 2 N–H and O–H groups in total. The molecule has 10 heteroatoms. The minimum absolute atomic E-state index is 0.422. The van der Waals surface area contributed by atoms with Crippen LogP contribution in [0.2, 0.25) is 0 Å². The van der Waals surface area contributed by atoms with E-state index in [9.17, 15) is 18.0 Å². The summed E-state index contributed by atoms with van der Waals surface area (Å²) < 4.78 is 109. The fraction of sp³-hybridized carbons (Fsp3) is 0.211. The maximum absolute atomic E-state index is 13.2. The molecular formula is C19H19N3O5S2. The van der Waals surface area contributed by atoms with E-state index in [0.717, 1.165) is 25.1 Å². The molecule has 0 aliphatic heterocycles. The van der Waals surface area contributed by atoms with Crippen molar-refractivity contribution in [3.8, 4) is 0 Å². The van der Waals surface area contributed by atoms with E-state index >= 15 is 0 Å². The van der Waals surface area contributed by atoms with E-state index in [1.54, 1.807) is 0 Å². The Hall–Kier alpha value is -2.98. The summed E-state index contributed by atoms with van der Waals surface area (Å²) in [5, 5.41) is 6.58. The average molecular weight is 444 g/mol. The van der Waals surface area contributed by atoms with Crippen LogP contribution in [0.5, 0.6) is 0 Å². The molecule has 8 nitrogen and oxygen atoms in total. The Morgan fingerprint density at radius 2 is 2.03 bits per heavy atom. The Bertz CT molecular complexity index is 1550. The second-order valence-corrected chi connectivity index (χ2v) is 8.24. The molecule has 0 radical (unpaired) electrons. The van der Waals surface area contributed by atoms with Crippen LogP contribution in [0.3, 0.4) is 0 Å². The van der Waals surface area contributed by atoms with Crippen molar-refractivity contribution in [1.29, 1.82) is 0 Å². The molecule has 152 valence electrons. The van der Waals surface area contributed by atoms with Gasteiger partial charge in [0.25, 0.3) is 15.9 Å². The highest BCUT2D eigenvalue weighted by molar-refractivity contribution is 7.93. The Morgan fingerprint density at radius 1 is 1.24 bits per heavy atom. The molecule has 2 aromatic heterocycles. The third kappa shape index (κ3) is 4.22. The van der Waals surface area contributed by atoms with Crippen molar-refractivity contribution in [2.45, 2.75) is 32.4 Å². The Balaban J connectivity index is 2.08. The number of ketones is 1. The van der Waals surface area contributed by atoms with E-state index in [1.165, 1.54) is 5.38 Å². The van der Waals surface area contributed by atoms with Gasteiger partial charge >= 0.3 is 0 Å². The van der Waals surface area contributed by atoms with E-state index in [0.29, 0.717) is 11.3 Å². The zero-order chi connectivity index (χ0) is 29.7. The van der Waals surface area contributed by atoms with E-state index < -0.39 is 92.0 Å². The summed E-state index contributed by atoms with van der Waals surface area (Å²) in [7, 11) is -4.72. The number of amides is 1. The lowest BCUT2D eigenvalue weighted by molar-refractivity contribution is 0.101. The van der Waals surface area contributed by atoms with Crippen molar-refractivity contribution < 1.29 is 36.2 Å². The molecule has 2 heterocycles. The molecule has 0 aliphatic rings. The molecular weight excluding hydrogens is 414 g/mol. The van der Waals surface area contributed by atoms with Gasteiger partial charge in [0.1, 0.15) is 9.77 Å². The van der Waals surface area contributed by atoms with Gasteiger partial charge in [0.2, 0.25) is 5.88 Å². The molecule has 29 heavy (non-hydrogen) atoms. The summed E-state index contributed by atoms with van der Waals surface area (Å²) in [4.78, 5) is 24.4. The number of benzene rings is 1. The van der Waals surface area contributed by atoms with Crippen LogP contribution < -0.4 is 10.0 Å². The van der Waals surface area contributed by atoms with Crippen molar-refractivity contribution in [3.63, 3.8) is 0 Å². The maximum Gasteiger partial charge on any atom is 0.267 e. The summed E-state index contributed by atoms with van der Waals surface area (Å²) >= 11 is 0.623. The third-order valence-corrected chi connectivity index (χ3v) is 6.05. The number of aryl methyl sites for hydroxylation is 2. The van der Waals surface area contributed by atoms with Gasteiger partial charge in [0.15, 0.2) is 5.78 Å². The SMILES string of the molecule is [2H]c1noc(NS(=O)(=O)c2ccsc2C(=O)Nc2c(C(C)=O)cc(C([2H])([2H])[2H])cc2C([2H])([2H])[2H])c1C([2H])([2H])[2H]. The smallest absolute Gasteiger partial charge is 0.267 e. The number of aromatic nitrogens is 1. The second-order valence-electron chi connectivity index (χ2n) is 5.67. The normalized spacial score (nSPS) is 17.7. The number of sulfonamides is 1. The van der Waals surface area contributed by atoms with Crippen LogP contribution in [0.15, 0.2) is 39.2 Å². The quantitative estimate of drug-likeness (QED) is 0.558. The zero-order valence-corrected chi connectivity index (χ0v) is 16.2. The first-order valence-electron chi connectivity index (χ1n) is 12.7. The van der Waals surface area contributed by atoms with Gasteiger partial charge in [-0.3, -0.25) is 9.59 Å². The van der Waals surface area contributed by atoms with Gasteiger partial charge in [-0.05, 0) is 56.1 Å². The van der Waals surface area contributed by atoms with Crippen molar-refractivity contribution in [1.82, 2.24) is 5.16 Å². The highest BCUT2D eigenvalue weighted by Gasteiger charge is 2.27. The number of nitrogens with one attached hydrogen (secondary N) is 2. The number of nitrogens with zero attached hydrogens (tertiary/aromatic N) is 1. The van der Waals surface area contributed by atoms with Gasteiger partial charge in [-0.15, -0.1) is 11.3 Å². The van der Waals surface area contributed by atoms with Crippen LogP contribution in [-0.2, 0) is 10.0 Å². The number of thiophene rings is 1. The molecule has 0 saturated heterocycles. The van der Waals surface area contributed by atoms with Crippen LogP contribution in [0.1, 0.15) is 57.4 Å². The molecule has 0 spiro atoms. The fourth-order valence-electron chi connectivity index (χ4n) is 2.36. The van der Waals surface area contributed by atoms with Crippen molar-refractivity contribution >= 4 is 44.6 Å². The number of carbonyl (C=O) groups excluding carboxylic acids is 2. The molecule has 0 fully saturated rings. The number of Topliss-reactive ketones (excluding diaryl/α,β-unsaturated/α-hetero) is 1. The van der Waals surface area contributed by atoms with Gasteiger partial charge in [-0.2, -0.15) is 0 Å². The summed E-state index contributed by atoms with van der Waals surface area (Å²) in [6.45, 7) is -7.69. The molecule has 3 rings (SSSR count). The third-order valence-electron chi connectivity index (χ3n) is 3.63. The van der Waals surface area contributed by atoms with Crippen LogP contribution in [0.4, 0.5) is 11.6 Å². The summed E-state index contributed by atoms with van der Waals surface area (Å²) in [5.74, 6) is -2.78. The van der Waals surface area contributed by atoms with Crippen molar-refractivity contribution in [2.24, 2.45) is 0 Å². The van der Waals surface area contributed by atoms with Crippen molar-refractivity contribution in [3.05, 3.63) is 56.9 Å². The number of hydrogen-bond acceptors (Lipinski definition) is 7. The topological polar surface area (TPSA) is 118 Å². The van der Waals surface area contributed by atoms with E-state index in [-0.39, 0.29) is 0 Å². The van der Waals surface area contributed by atoms with E-state index in [1.807, 2.05) is 4.72 Å². The van der Waals surface area contributed by atoms with Crippen molar-refractivity contribution in [2.75, 3.05) is 10.0 Å². The monoisotopic (exact) mass is 443 g/mol. The maximum atomic E-state index is 13.2. The molecule has 0 aliphatic carbocycles. The lowest BCUT2D eigenvalue weighted by Crippen LogP contribution is -2.20. The average Bonchev–Trinajstić information content (AvgIpc) is 3.39. The summed E-state index contributed by atoms with van der Waals surface area (Å²) in [6.07, 6.45) is -0.828. The molecule has 0 atom stereocenters. The lowest BCUT2D eigenvalue weighted by atomic mass is 10.0. The Morgan fingerprint density at radius 3 is 2.72 bits per heavy atom. The Kier molecular flexibility index (Phi) is 3.03. The highest BCUT2D eigenvalue weighted by atomic mass is 32.2. The largest absolute Gasteiger partial charge is 0.338 e. The second kappa shape index (κ2) is 7.80. The van der Waals surface area contributed by atoms with E-state index in [2.05, 4.69) is 15.0 Å². The highest BCUT2D eigenvalue weighted by Crippen LogP contribution is 2.29. The van der Waals surface area contributed by atoms with Crippen LogP contribution in [-0.4, -0.2) is 25.3 Å². The van der Waals surface area contributed by atoms with Crippen LogP contribution >= 0.6 is 11.3 Å². The molecule has 0 bridgehead atoms. The molecule has 0 saturated carbocycles. The fourth-order valence-corrected chi connectivity index (χ4v) is 4.68. The number of anilines is 2. The zero-order valence-electron chi connectivity index (χ0n) is 24.6. The minimum Gasteiger partial charge on any atom is -0.338 e. The molecule has 1 aromatic carbocycles. The van der Waals surface area contributed by atoms with Crippen LogP contribution in [0.25, 0.3) is 0 Å². The summed E-state index contributed by atoms with van der Waals surface area (Å²) in [6, 6.07) is 2.74. The molecule has 1 amide bonds.